The normalized spacial score (nSPS) is 15.9. The minimum atomic E-state index is -0.673. The zero-order chi connectivity index (χ0) is 24.0. The Morgan fingerprint density at radius 1 is 1.24 bits per heavy atom. The smallest absolute Gasteiger partial charge is 0.330 e. The zero-order valence-electron chi connectivity index (χ0n) is 19.4. The average Bonchev–Trinajstić information content (AvgIpc) is 3.51. The van der Waals surface area contributed by atoms with Gasteiger partial charge in [-0.1, -0.05) is 19.9 Å². The molecule has 178 valence electrons. The maximum Gasteiger partial charge on any atom is 0.330 e. The SMILES string of the molecule is CC(C)Cn1c(=O)[nH]c(=O)c2c(C(=O)Nc3c(F)cccc3N3CCCC3)cc(C3CC3)nc21. The van der Waals surface area contributed by atoms with Crippen LogP contribution in [0.1, 0.15) is 61.5 Å². The number of H-pyrrole nitrogens is 1. The van der Waals surface area contributed by atoms with Crippen LogP contribution in [0.5, 0.6) is 0 Å². The number of benzene rings is 1. The van der Waals surface area contributed by atoms with E-state index in [0.717, 1.165) is 38.8 Å². The van der Waals surface area contributed by atoms with Crippen molar-refractivity contribution in [1.29, 1.82) is 0 Å². The molecule has 0 spiro atoms. The Labute approximate surface area is 195 Å². The predicted molar refractivity (Wildman–Crippen MR) is 129 cm³/mol. The predicted octanol–water partition coefficient (Wildman–Crippen LogP) is 3.61. The molecule has 1 saturated carbocycles. The maximum atomic E-state index is 14.9. The first-order valence-electron chi connectivity index (χ1n) is 11.9. The Kier molecular flexibility index (Phi) is 5.71. The summed E-state index contributed by atoms with van der Waals surface area (Å²) in [5.74, 6) is -0.826. The van der Waals surface area contributed by atoms with E-state index in [9.17, 15) is 18.8 Å². The molecule has 2 N–H and O–H groups in total. The van der Waals surface area contributed by atoms with Gasteiger partial charge in [-0.2, -0.15) is 0 Å². The molecule has 1 amide bonds. The van der Waals surface area contributed by atoms with E-state index < -0.39 is 23.0 Å². The summed E-state index contributed by atoms with van der Waals surface area (Å²) in [6.45, 7) is 5.84. The quantitative estimate of drug-likeness (QED) is 0.579. The lowest BCUT2D eigenvalue weighted by Crippen LogP contribution is -2.33. The minimum absolute atomic E-state index is 0.0428. The molecular formula is C25H28FN5O3. The molecule has 5 rings (SSSR count). The fourth-order valence-electron chi connectivity index (χ4n) is 4.63. The molecule has 1 aliphatic carbocycles. The van der Waals surface area contributed by atoms with Crippen LogP contribution in [0.15, 0.2) is 33.9 Å². The largest absolute Gasteiger partial charge is 0.370 e. The number of carbonyl (C=O) groups is 1. The fourth-order valence-corrected chi connectivity index (χ4v) is 4.63. The van der Waals surface area contributed by atoms with Gasteiger partial charge < -0.3 is 10.2 Å². The van der Waals surface area contributed by atoms with Crippen LogP contribution < -0.4 is 21.5 Å². The average molecular weight is 466 g/mol. The first-order valence-corrected chi connectivity index (χ1v) is 11.9. The van der Waals surface area contributed by atoms with Crippen LogP contribution in [-0.2, 0) is 6.54 Å². The number of fused-ring (bicyclic) bond motifs is 1. The van der Waals surface area contributed by atoms with Gasteiger partial charge in [0.1, 0.15) is 11.5 Å². The van der Waals surface area contributed by atoms with E-state index in [1.54, 1.807) is 18.2 Å². The minimum Gasteiger partial charge on any atom is -0.370 e. The molecule has 3 aromatic rings. The van der Waals surface area contributed by atoms with Crippen LogP contribution in [0.3, 0.4) is 0 Å². The summed E-state index contributed by atoms with van der Waals surface area (Å²) in [5.41, 5.74) is 0.466. The third-order valence-corrected chi connectivity index (χ3v) is 6.43. The van der Waals surface area contributed by atoms with Gasteiger partial charge in [0.2, 0.25) is 0 Å². The van der Waals surface area contributed by atoms with Gasteiger partial charge in [0.25, 0.3) is 11.5 Å². The van der Waals surface area contributed by atoms with Gasteiger partial charge in [-0.25, -0.2) is 14.2 Å². The van der Waals surface area contributed by atoms with Crippen molar-refractivity contribution in [3.8, 4) is 0 Å². The van der Waals surface area contributed by atoms with Gasteiger partial charge in [-0.15, -0.1) is 0 Å². The molecule has 0 bridgehead atoms. The number of hydrogen-bond donors (Lipinski definition) is 2. The van der Waals surface area contributed by atoms with Crippen LogP contribution in [0.2, 0.25) is 0 Å². The van der Waals surface area contributed by atoms with Gasteiger partial charge >= 0.3 is 5.69 Å². The highest BCUT2D eigenvalue weighted by atomic mass is 19.1. The first kappa shape index (κ1) is 22.3. The van der Waals surface area contributed by atoms with Crippen molar-refractivity contribution < 1.29 is 9.18 Å². The van der Waals surface area contributed by atoms with Crippen molar-refractivity contribution >= 4 is 28.3 Å². The second-order valence-electron chi connectivity index (χ2n) is 9.61. The van der Waals surface area contributed by atoms with Crippen LogP contribution in [0.25, 0.3) is 11.0 Å². The number of hydrogen-bond acceptors (Lipinski definition) is 5. The number of aromatic amines is 1. The standard InChI is InChI=1S/C25H28FN5O3/c1-14(2)13-31-22-20(24(33)29-25(31)34)16(12-18(27-22)15-8-9-15)23(32)28-21-17(26)6-5-7-19(21)30-10-3-4-11-30/h5-7,12,14-15H,3-4,8-11,13H2,1-2H3,(H,28,32)(H,29,33,34). The molecule has 3 heterocycles. The Hall–Kier alpha value is -3.49. The van der Waals surface area contributed by atoms with Gasteiger partial charge in [-0.3, -0.25) is 19.1 Å². The van der Waals surface area contributed by atoms with Crippen molar-refractivity contribution in [1.82, 2.24) is 14.5 Å². The summed E-state index contributed by atoms with van der Waals surface area (Å²) in [4.78, 5) is 48.1. The number of amides is 1. The molecule has 1 aliphatic heterocycles. The van der Waals surface area contributed by atoms with Gasteiger partial charge in [0.05, 0.1) is 16.6 Å². The molecule has 1 aromatic carbocycles. The third-order valence-electron chi connectivity index (χ3n) is 6.43. The zero-order valence-corrected chi connectivity index (χ0v) is 19.4. The second kappa shape index (κ2) is 8.70. The van der Waals surface area contributed by atoms with Crippen molar-refractivity contribution in [2.45, 2.75) is 52.0 Å². The molecule has 9 heteroatoms. The number of halogens is 1. The number of pyridine rings is 1. The lowest BCUT2D eigenvalue weighted by Gasteiger charge is -2.22. The van der Waals surface area contributed by atoms with E-state index >= 15 is 0 Å². The molecule has 0 atom stereocenters. The van der Waals surface area contributed by atoms with Crippen LogP contribution in [0, 0.1) is 11.7 Å². The highest BCUT2D eigenvalue weighted by Crippen LogP contribution is 2.40. The summed E-state index contributed by atoms with van der Waals surface area (Å²) >= 11 is 0. The first-order chi connectivity index (χ1) is 16.3. The molecule has 8 nitrogen and oxygen atoms in total. The topological polar surface area (TPSA) is 100 Å². The molecule has 0 unspecified atom stereocenters. The van der Waals surface area contributed by atoms with Crippen molar-refractivity contribution in [2.75, 3.05) is 23.3 Å². The van der Waals surface area contributed by atoms with E-state index in [-0.39, 0.29) is 34.1 Å². The molecule has 2 fully saturated rings. The molecule has 34 heavy (non-hydrogen) atoms. The summed E-state index contributed by atoms with van der Waals surface area (Å²) in [6, 6.07) is 6.34. The van der Waals surface area contributed by atoms with Crippen molar-refractivity contribution in [3.63, 3.8) is 0 Å². The van der Waals surface area contributed by atoms with E-state index in [0.29, 0.717) is 17.9 Å². The van der Waals surface area contributed by atoms with Gasteiger partial charge in [-0.05, 0) is 49.8 Å². The summed E-state index contributed by atoms with van der Waals surface area (Å²) in [7, 11) is 0. The third kappa shape index (κ3) is 4.10. The molecule has 2 aromatic heterocycles. The summed E-state index contributed by atoms with van der Waals surface area (Å²) < 4.78 is 16.3. The second-order valence-corrected chi connectivity index (χ2v) is 9.61. The lowest BCUT2D eigenvalue weighted by atomic mass is 10.1. The molecule has 1 saturated heterocycles. The Morgan fingerprint density at radius 2 is 1.97 bits per heavy atom. The lowest BCUT2D eigenvalue weighted by molar-refractivity contribution is 0.102. The fraction of sp³-hybridized carbons (Fsp3) is 0.440. The highest BCUT2D eigenvalue weighted by Gasteiger charge is 2.29. The Balaban J connectivity index is 1.65. The van der Waals surface area contributed by atoms with Crippen molar-refractivity contribution in [3.05, 3.63) is 62.2 Å². The van der Waals surface area contributed by atoms with E-state index in [1.165, 1.54) is 10.6 Å². The van der Waals surface area contributed by atoms with E-state index in [1.807, 2.05) is 18.7 Å². The van der Waals surface area contributed by atoms with E-state index in [2.05, 4.69) is 15.3 Å². The number of anilines is 2. The monoisotopic (exact) mass is 465 g/mol. The number of para-hydroxylation sites is 1. The van der Waals surface area contributed by atoms with E-state index in [4.69, 9.17) is 0 Å². The van der Waals surface area contributed by atoms with Crippen molar-refractivity contribution in [2.24, 2.45) is 5.92 Å². The van der Waals surface area contributed by atoms with Crippen LogP contribution in [0.4, 0.5) is 15.8 Å². The van der Waals surface area contributed by atoms with Gasteiger partial charge in [0.15, 0.2) is 5.65 Å². The van der Waals surface area contributed by atoms with Crippen LogP contribution >= 0.6 is 0 Å². The number of nitrogens with zero attached hydrogens (tertiary/aromatic N) is 3. The number of rotatable bonds is 6. The maximum absolute atomic E-state index is 14.9. The summed E-state index contributed by atoms with van der Waals surface area (Å²) in [5, 5.41) is 2.77. The summed E-state index contributed by atoms with van der Waals surface area (Å²) in [6.07, 6.45) is 3.88. The number of carbonyl (C=O) groups excluding carboxylic acids is 1. The molecule has 2 aliphatic rings. The molecule has 0 radical (unpaired) electrons. The van der Waals surface area contributed by atoms with Gasteiger partial charge in [0, 0.05) is 31.2 Å². The highest BCUT2D eigenvalue weighted by molar-refractivity contribution is 6.13. The van der Waals surface area contributed by atoms with Crippen LogP contribution in [-0.4, -0.2) is 33.5 Å². The molecular weight excluding hydrogens is 437 g/mol. The Morgan fingerprint density at radius 3 is 2.65 bits per heavy atom. The number of aromatic nitrogens is 3. The number of nitrogens with one attached hydrogen (secondary N) is 2. The Bertz CT molecular complexity index is 1380.